The Balaban J connectivity index is 1.94. The van der Waals surface area contributed by atoms with Gasteiger partial charge in [0.05, 0.1) is 10.6 Å². The lowest BCUT2D eigenvalue weighted by atomic mass is 10.1. The molecule has 0 radical (unpaired) electrons. The molecular weight excluding hydrogens is 334 g/mol. The predicted molar refractivity (Wildman–Crippen MR) is 90.4 cm³/mol. The maximum Gasteiger partial charge on any atom is 0.310 e. The molecule has 0 aliphatic carbocycles. The van der Waals surface area contributed by atoms with Crippen LogP contribution in [0.3, 0.4) is 0 Å². The molecule has 0 aliphatic heterocycles. The van der Waals surface area contributed by atoms with Gasteiger partial charge in [0.15, 0.2) is 12.4 Å². The van der Waals surface area contributed by atoms with Crippen LogP contribution in [0.1, 0.15) is 12.5 Å². The van der Waals surface area contributed by atoms with Crippen LogP contribution in [0.15, 0.2) is 53.6 Å². The van der Waals surface area contributed by atoms with Gasteiger partial charge >= 0.3 is 5.69 Å². The number of hydrazone groups is 1. The number of benzene rings is 2. The molecule has 8 heteroatoms. The van der Waals surface area contributed by atoms with Crippen molar-refractivity contribution in [1.82, 2.24) is 5.43 Å². The number of amides is 1. The van der Waals surface area contributed by atoms with Crippen LogP contribution in [0.5, 0.6) is 5.75 Å². The number of para-hydroxylation sites is 2. The van der Waals surface area contributed by atoms with Crippen LogP contribution in [-0.4, -0.2) is 23.1 Å². The van der Waals surface area contributed by atoms with Crippen LogP contribution in [0.4, 0.5) is 5.69 Å². The zero-order chi connectivity index (χ0) is 17.5. The first-order chi connectivity index (χ1) is 11.5. The maximum absolute atomic E-state index is 11.8. The Bertz CT molecular complexity index is 792. The minimum atomic E-state index is -0.575. The summed E-state index contributed by atoms with van der Waals surface area (Å²) in [7, 11) is 0. The Labute approximate surface area is 143 Å². The number of halogens is 1. The third-order valence-electron chi connectivity index (χ3n) is 3.01. The van der Waals surface area contributed by atoms with Crippen molar-refractivity contribution in [3.63, 3.8) is 0 Å². The molecule has 7 nitrogen and oxygen atoms in total. The summed E-state index contributed by atoms with van der Waals surface area (Å²) in [6.07, 6.45) is 0. The van der Waals surface area contributed by atoms with E-state index in [0.29, 0.717) is 10.7 Å². The number of carbonyl (C=O) groups excluding carboxylic acids is 1. The summed E-state index contributed by atoms with van der Waals surface area (Å²) in [5.41, 5.74) is 3.46. The summed E-state index contributed by atoms with van der Waals surface area (Å²) in [4.78, 5) is 22.0. The van der Waals surface area contributed by atoms with Crippen molar-refractivity contribution >= 4 is 28.9 Å². The Morgan fingerprint density at radius 2 is 2.04 bits per heavy atom. The molecule has 1 amide bonds. The van der Waals surface area contributed by atoms with Crippen molar-refractivity contribution in [2.24, 2.45) is 5.10 Å². The second-order valence-electron chi connectivity index (χ2n) is 4.76. The minimum Gasteiger partial charge on any atom is -0.477 e. The first kappa shape index (κ1) is 17.4. The number of nitro benzene ring substituents is 1. The molecule has 2 aromatic rings. The number of rotatable bonds is 6. The quantitative estimate of drug-likeness (QED) is 0.493. The monoisotopic (exact) mass is 347 g/mol. The topological polar surface area (TPSA) is 93.8 Å². The van der Waals surface area contributed by atoms with Gasteiger partial charge in [-0.3, -0.25) is 14.9 Å². The second kappa shape index (κ2) is 8.07. The van der Waals surface area contributed by atoms with Crippen molar-refractivity contribution in [3.8, 4) is 5.75 Å². The fourth-order valence-corrected chi connectivity index (χ4v) is 2.02. The molecule has 0 aliphatic rings. The molecule has 0 unspecified atom stereocenters. The third-order valence-corrected chi connectivity index (χ3v) is 3.25. The number of nitro groups is 1. The molecule has 0 bridgehead atoms. The first-order valence-corrected chi connectivity index (χ1v) is 7.30. The van der Waals surface area contributed by atoms with E-state index in [4.69, 9.17) is 16.3 Å². The van der Waals surface area contributed by atoms with Gasteiger partial charge in [-0.1, -0.05) is 35.9 Å². The summed E-state index contributed by atoms with van der Waals surface area (Å²) in [5, 5.41) is 15.4. The van der Waals surface area contributed by atoms with Crippen LogP contribution in [0.2, 0.25) is 5.02 Å². The van der Waals surface area contributed by atoms with E-state index >= 15 is 0 Å². The number of carbonyl (C=O) groups is 1. The van der Waals surface area contributed by atoms with E-state index < -0.39 is 17.4 Å². The Morgan fingerprint density at radius 1 is 1.29 bits per heavy atom. The fourth-order valence-electron chi connectivity index (χ4n) is 1.83. The van der Waals surface area contributed by atoms with Gasteiger partial charge in [-0.2, -0.15) is 5.10 Å². The van der Waals surface area contributed by atoms with Gasteiger partial charge in [-0.25, -0.2) is 5.43 Å². The summed E-state index contributed by atoms with van der Waals surface area (Å²) >= 11 is 5.89. The largest absolute Gasteiger partial charge is 0.477 e. The van der Waals surface area contributed by atoms with Crippen molar-refractivity contribution in [3.05, 3.63) is 69.2 Å². The summed E-state index contributed by atoms with van der Waals surface area (Å²) in [6.45, 7) is 1.33. The van der Waals surface area contributed by atoms with Gasteiger partial charge in [0.1, 0.15) is 0 Å². The van der Waals surface area contributed by atoms with E-state index in [9.17, 15) is 14.9 Å². The lowest BCUT2D eigenvalue weighted by Crippen LogP contribution is -2.25. The summed E-state index contributed by atoms with van der Waals surface area (Å²) in [6, 6.07) is 12.9. The molecule has 0 aromatic heterocycles. The molecule has 2 aromatic carbocycles. The van der Waals surface area contributed by atoms with Crippen LogP contribution in [0.25, 0.3) is 0 Å². The van der Waals surface area contributed by atoms with E-state index in [1.54, 1.807) is 37.3 Å². The summed E-state index contributed by atoms with van der Waals surface area (Å²) in [5.74, 6) is -0.511. The molecular formula is C16H14ClN3O4. The molecule has 24 heavy (non-hydrogen) atoms. The fraction of sp³-hybridized carbons (Fsp3) is 0.125. The number of hydrogen-bond acceptors (Lipinski definition) is 5. The van der Waals surface area contributed by atoms with Crippen LogP contribution in [0, 0.1) is 10.1 Å². The molecule has 0 saturated carbocycles. The zero-order valence-corrected chi connectivity index (χ0v) is 13.5. The molecule has 0 saturated heterocycles. The normalized spacial score (nSPS) is 11.0. The number of nitrogens with one attached hydrogen (secondary N) is 1. The molecule has 0 fully saturated rings. The predicted octanol–water partition coefficient (Wildman–Crippen LogP) is 3.17. The first-order valence-electron chi connectivity index (χ1n) is 6.92. The smallest absolute Gasteiger partial charge is 0.310 e. The number of hydrogen-bond donors (Lipinski definition) is 1. The van der Waals surface area contributed by atoms with Crippen molar-refractivity contribution in [2.45, 2.75) is 6.92 Å². The highest BCUT2D eigenvalue weighted by Gasteiger charge is 2.14. The number of ether oxygens (including phenoxy) is 1. The third kappa shape index (κ3) is 4.79. The molecule has 1 N–H and O–H groups in total. The van der Waals surface area contributed by atoms with Gasteiger partial charge in [-0.05, 0) is 30.7 Å². The van der Waals surface area contributed by atoms with E-state index in [2.05, 4.69) is 10.5 Å². The highest BCUT2D eigenvalue weighted by atomic mass is 35.5. The van der Waals surface area contributed by atoms with E-state index in [1.807, 2.05) is 0 Å². The summed E-state index contributed by atoms with van der Waals surface area (Å²) < 4.78 is 5.17. The highest BCUT2D eigenvalue weighted by Crippen LogP contribution is 2.25. The molecule has 0 spiro atoms. The SMILES string of the molecule is C/C(=N/NC(=O)COc1ccccc1[N+](=O)[O-])c1cccc(Cl)c1. The van der Waals surface area contributed by atoms with Crippen LogP contribution in [-0.2, 0) is 4.79 Å². The van der Waals surface area contributed by atoms with Crippen molar-refractivity contribution < 1.29 is 14.5 Å². The van der Waals surface area contributed by atoms with Gasteiger partial charge in [-0.15, -0.1) is 0 Å². The average Bonchev–Trinajstić information content (AvgIpc) is 2.58. The second-order valence-corrected chi connectivity index (χ2v) is 5.19. The molecule has 2 rings (SSSR count). The van der Waals surface area contributed by atoms with Crippen LogP contribution >= 0.6 is 11.6 Å². The van der Waals surface area contributed by atoms with Crippen molar-refractivity contribution in [2.75, 3.05) is 6.61 Å². The lowest BCUT2D eigenvalue weighted by molar-refractivity contribution is -0.385. The molecule has 0 atom stereocenters. The van der Waals surface area contributed by atoms with E-state index in [0.717, 1.165) is 5.56 Å². The van der Waals surface area contributed by atoms with Gasteiger partial charge in [0.25, 0.3) is 5.91 Å². The minimum absolute atomic E-state index is 0.0215. The maximum atomic E-state index is 11.8. The van der Waals surface area contributed by atoms with Gasteiger partial charge < -0.3 is 4.74 Å². The average molecular weight is 348 g/mol. The molecule has 0 heterocycles. The van der Waals surface area contributed by atoms with Gasteiger partial charge in [0.2, 0.25) is 0 Å². The Kier molecular flexibility index (Phi) is 5.86. The van der Waals surface area contributed by atoms with Gasteiger partial charge in [0, 0.05) is 11.1 Å². The Hall–Kier alpha value is -2.93. The van der Waals surface area contributed by atoms with Crippen molar-refractivity contribution in [1.29, 1.82) is 0 Å². The number of nitrogens with zero attached hydrogens (tertiary/aromatic N) is 2. The van der Waals surface area contributed by atoms with Crippen LogP contribution < -0.4 is 10.2 Å². The Morgan fingerprint density at radius 3 is 2.75 bits per heavy atom. The molecule has 124 valence electrons. The zero-order valence-electron chi connectivity index (χ0n) is 12.7. The van der Waals surface area contributed by atoms with E-state index in [-0.39, 0.29) is 11.4 Å². The standard InChI is InChI=1S/C16H14ClN3O4/c1-11(12-5-4-6-13(17)9-12)18-19-16(21)10-24-15-8-3-2-7-14(15)20(22)23/h2-9H,10H2,1H3,(H,19,21)/b18-11-. The highest BCUT2D eigenvalue weighted by molar-refractivity contribution is 6.31. The van der Waals surface area contributed by atoms with E-state index in [1.165, 1.54) is 18.2 Å². The lowest BCUT2D eigenvalue weighted by Gasteiger charge is -2.06.